The predicted octanol–water partition coefficient (Wildman–Crippen LogP) is 2.53. The SMILES string of the molecule is COc1ccc(C(Cl)CN2CCCC2C(=O)O)c(OC)c1. The van der Waals surface area contributed by atoms with Gasteiger partial charge in [-0.25, -0.2) is 0 Å². The highest BCUT2D eigenvalue weighted by Gasteiger charge is 2.32. The van der Waals surface area contributed by atoms with Crippen molar-refractivity contribution >= 4 is 17.6 Å². The fourth-order valence-electron chi connectivity index (χ4n) is 2.71. The summed E-state index contributed by atoms with van der Waals surface area (Å²) in [6, 6.07) is 5.03. The Kier molecular flexibility index (Phi) is 5.31. The molecule has 2 unspecified atom stereocenters. The number of nitrogens with zero attached hydrogens (tertiary/aromatic N) is 1. The van der Waals surface area contributed by atoms with E-state index in [9.17, 15) is 9.90 Å². The Morgan fingerprint density at radius 1 is 1.48 bits per heavy atom. The second kappa shape index (κ2) is 7.00. The number of hydrogen-bond acceptors (Lipinski definition) is 4. The van der Waals surface area contributed by atoms with Crippen LogP contribution in [0.1, 0.15) is 23.8 Å². The van der Waals surface area contributed by atoms with Crippen molar-refractivity contribution < 1.29 is 19.4 Å². The summed E-state index contributed by atoms with van der Waals surface area (Å²) in [5, 5.41) is 8.88. The number of hydrogen-bond donors (Lipinski definition) is 1. The summed E-state index contributed by atoms with van der Waals surface area (Å²) in [5.74, 6) is 0.572. The van der Waals surface area contributed by atoms with Crippen molar-refractivity contribution in [2.75, 3.05) is 27.3 Å². The third kappa shape index (κ3) is 3.60. The van der Waals surface area contributed by atoms with Crippen molar-refractivity contribution in [3.05, 3.63) is 23.8 Å². The van der Waals surface area contributed by atoms with Crippen LogP contribution < -0.4 is 9.47 Å². The van der Waals surface area contributed by atoms with E-state index < -0.39 is 12.0 Å². The molecule has 21 heavy (non-hydrogen) atoms. The fourth-order valence-corrected chi connectivity index (χ4v) is 3.06. The summed E-state index contributed by atoms with van der Waals surface area (Å²) in [6.07, 6.45) is 1.57. The third-order valence-electron chi connectivity index (χ3n) is 3.82. The minimum absolute atomic E-state index is 0.328. The number of halogens is 1. The monoisotopic (exact) mass is 313 g/mol. The standard InChI is InChI=1S/C15H20ClNO4/c1-20-10-5-6-11(14(8-10)21-2)12(16)9-17-7-3-4-13(17)15(18)19/h5-6,8,12-13H,3-4,7,9H2,1-2H3,(H,18,19). The maximum Gasteiger partial charge on any atom is 0.320 e. The van der Waals surface area contributed by atoms with Crippen LogP contribution in [0.25, 0.3) is 0 Å². The molecule has 0 aromatic heterocycles. The molecule has 5 nitrogen and oxygen atoms in total. The first-order valence-electron chi connectivity index (χ1n) is 6.89. The zero-order chi connectivity index (χ0) is 15.4. The zero-order valence-electron chi connectivity index (χ0n) is 12.2. The van der Waals surface area contributed by atoms with E-state index in [4.69, 9.17) is 21.1 Å². The number of ether oxygens (including phenoxy) is 2. The van der Waals surface area contributed by atoms with Crippen LogP contribution in [0.15, 0.2) is 18.2 Å². The van der Waals surface area contributed by atoms with Gasteiger partial charge in [0.05, 0.1) is 19.6 Å². The lowest BCUT2D eigenvalue weighted by Gasteiger charge is -2.24. The van der Waals surface area contributed by atoms with Crippen molar-refractivity contribution in [2.24, 2.45) is 0 Å². The summed E-state index contributed by atoms with van der Waals surface area (Å²) in [5.41, 5.74) is 0.844. The third-order valence-corrected chi connectivity index (χ3v) is 4.19. The molecule has 0 saturated carbocycles. The first-order chi connectivity index (χ1) is 10.1. The average Bonchev–Trinajstić information content (AvgIpc) is 2.94. The van der Waals surface area contributed by atoms with Gasteiger partial charge in [-0.3, -0.25) is 9.69 Å². The molecule has 1 aromatic carbocycles. The molecule has 0 radical (unpaired) electrons. The van der Waals surface area contributed by atoms with Gasteiger partial charge in [-0.15, -0.1) is 11.6 Å². The highest BCUT2D eigenvalue weighted by atomic mass is 35.5. The van der Waals surface area contributed by atoms with Crippen molar-refractivity contribution in [3.8, 4) is 11.5 Å². The normalized spacial score (nSPS) is 20.2. The number of aliphatic carboxylic acids is 1. The molecule has 1 N–H and O–H groups in total. The van der Waals surface area contributed by atoms with Crippen LogP contribution in [0.3, 0.4) is 0 Å². The maximum absolute atomic E-state index is 11.2. The van der Waals surface area contributed by atoms with Crippen LogP contribution in [0.2, 0.25) is 0 Å². The average molecular weight is 314 g/mol. The van der Waals surface area contributed by atoms with Crippen molar-refractivity contribution in [3.63, 3.8) is 0 Å². The summed E-state index contributed by atoms with van der Waals surface area (Å²) < 4.78 is 10.5. The Labute approximate surface area is 129 Å². The van der Waals surface area contributed by atoms with Crippen LogP contribution in [0, 0.1) is 0 Å². The molecule has 0 amide bonds. The van der Waals surface area contributed by atoms with Crippen LogP contribution >= 0.6 is 11.6 Å². The van der Waals surface area contributed by atoms with E-state index in [0.717, 1.165) is 18.5 Å². The largest absolute Gasteiger partial charge is 0.497 e. The van der Waals surface area contributed by atoms with Gasteiger partial charge in [0, 0.05) is 18.2 Å². The van der Waals surface area contributed by atoms with E-state index >= 15 is 0 Å². The van der Waals surface area contributed by atoms with E-state index in [0.29, 0.717) is 24.5 Å². The van der Waals surface area contributed by atoms with E-state index in [1.807, 2.05) is 17.0 Å². The molecule has 116 valence electrons. The Balaban J connectivity index is 2.13. The predicted molar refractivity (Wildman–Crippen MR) is 80.4 cm³/mol. The molecule has 0 aliphatic carbocycles. The lowest BCUT2D eigenvalue weighted by Crippen LogP contribution is -2.37. The van der Waals surface area contributed by atoms with Gasteiger partial charge in [0.1, 0.15) is 17.5 Å². The lowest BCUT2D eigenvalue weighted by molar-refractivity contribution is -0.142. The molecule has 1 heterocycles. The zero-order valence-corrected chi connectivity index (χ0v) is 13.0. The van der Waals surface area contributed by atoms with Gasteiger partial charge >= 0.3 is 5.97 Å². The molecule has 0 bridgehead atoms. The molecular weight excluding hydrogens is 294 g/mol. The van der Waals surface area contributed by atoms with E-state index in [-0.39, 0.29) is 5.38 Å². The van der Waals surface area contributed by atoms with Gasteiger partial charge in [0.25, 0.3) is 0 Å². The minimum atomic E-state index is -0.780. The van der Waals surface area contributed by atoms with Gasteiger partial charge in [-0.2, -0.15) is 0 Å². The number of methoxy groups -OCH3 is 2. The molecule has 2 rings (SSSR count). The quantitative estimate of drug-likeness (QED) is 0.818. The van der Waals surface area contributed by atoms with Crippen LogP contribution in [-0.4, -0.2) is 49.3 Å². The summed E-state index contributed by atoms with van der Waals surface area (Å²) in [7, 11) is 3.17. The second-order valence-corrected chi connectivity index (χ2v) is 5.59. The van der Waals surface area contributed by atoms with Gasteiger partial charge < -0.3 is 14.6 Å². The Morgan fingerprint density at radius 2 is 2.24 bits per heavy atom. The van der Waals surface area contributed by atoms with Crippen molar-refractivity contribution in [1.29, 1.82) is 0 Å². The summed E-state index contributed by atoms with van der Waals surface area (Å²) in [4.78, 5) is 13.1. The van der Waals surface area contributed by atoms with Gasteiger partial charge in [-0.1, -0.05) is 6.07 Å². The van der Waals surface area contributed by atoms with E-state index in [1.54, 1.807) is 20.3 Å². The number of benzene rings is 1. The smallest absolute Gasteiger partial charge is 0.320 e. The van der Waals surface area contributed by atoms with Gasteiger partial charge in [-0.05, 0) is 25.5 Å². The van der Waals surface area contributed by atoms with Crippen molar-refractivity contribution in [1.82, 2.24) is 4.90 Å². The molecule has 6 heteroatoms. The molecule has 1 aromatic rings. The first-order valence-corrected chi connectivity index (χ1v) is 7.33. The second-order valence-electron chi connectivity index (χ2n) is 5.07. The molecule has 1 saturated heterocycles. The molecule has 1 aliphatic rings. The van der Waals surface area contributed by atoms with Gasteiger partial charge in [0.2, 0.25) is 0 Å². The summed E-state index contributed by atoms with van der Waals surface area (Å²) >= 11 is 6.48. The number of rotatable bonds is 6. The van der Waals surface area contributed by atoms with E-state index in [1.165, 1.54) is 0 Å². The van der Waals surface area contributed by atoms with Crippen LogP contribution in [0.5, 0.6) is 11.5 Å². The minimum Gasteiger partial charge on any atom is -0.497 e. The van der Waals surface area contributed by atoms with Crippen LogP contribution in [-0.2, 0) is 4.79 Å². The van der Waals surface area contributed by atoms with Gasteiger partial charge in [0.15, 0.2) is 0 Å². The number of likely N-dealkylation sites (tertiary alicyclic amines) is 1. The number of carboxylic acid groups (broad SMARTS) is 1. The molecular formula is C15H20ClNO4. The maximum atomic E-state index is 11.2. The topological polar surface area (TPSA) is 59.0 Å². The number of carbonyl (C=O) groups is 1. The van der Waals surface area contributed by atoms with E-state index in [2.05, 4.69) is 0 Å². The number of carboxylic acids is 1. The molecule has 1 fully saturated rings. The Bertz CT molecular complexity index is 508. The summed E-state index contributed by atoms with van der Waals surface area (Å²) in [6.45, 7) is 1.25. The molecule has 1 aliphatic heterocycles. The Morgan fingerprint density at radius 3 is 2.86 bits per heavy atom. The first kappa shape index (κ1) is 15.9. The highest BCUT2D eigenvalue weighted by molar-refractivity contribution is 6.21. The highest BCUT2D eigenvalue weighted by Crippen LogP contribution is 2.34. The van der Waals surface area contributed by atoms with Crippen LogP contribution in [0.4, 0.5) is 0 Å². The molecule has 0 spiro atoms. The Hall–Kier alpha value is -1.46. The number of alkyl halides is 1. The fraction of sp³-hybridized carbons (Fsp3) is 0.533. The van der Waals surface area contributed by atoms with Crippen molar-refractivity contribution in [2.45, 2.75) is 24.3 Å². The molecule has 2 atom stereocenters. The lowest BCUT2D eigenvalue weighted by atomic mass is 10.1.